The van der Waals surface area contributed by atoms with Gasteiger partial charge < -0.3 is 10.2 Å². The summed E-state index contributed by atoms with van der Waals surface area (Å²) in [4.78, 5) is 4.15. The van der Waals surface area contributed by atoms with Crippen molar-refractivity contribution < 1.29 is 13.2 Å². The molecule has 5 heteroatoms. The van der Waals surface area contributed by atoms with Crippen molar-refractivity contribution in [2.45, 2.75) is 13.3 Å². The van der Waals surface area contributed by atoms with E-state index in [-0.39, 0.29) is 5.56 Å². The van der Waals surface area contributed by atoms with Crippen molar-refractivity contribution in [3.05, 3.63) is 41.5 Å². The molecule has 1 heterocycles. The molecule has 0 fully saturated rings. The van der Waals surface area contributed by atoms with Crippen molar-refractivity contribution in [2.75, 3.05) is 6.54 Å². The van der Waals surface area contributed by atoms with Crippen molar-refractivity contribution in [1.82, 2.24) is 4.98 Å². The first-order chi connectivity index (χ1) is 8.11. The summed E-state index contributed by atoms with van der Waals surface area (Å²) in [5.74, 6) is -0.307. The van der Waals surface area contributed by atoms with Gasteiger partial charge in [-0.25, -0.2) is 13.8 Å². The van der Waals surface area contributed by atoms with E-state index in [0.29, 0.717) is 30.3 Å². The van der Waals surface area contributed by atoms with Crippen LogP contribution in [0.4, 0.5) is 8.78 Å². The number of hydrogen-bond acceptors (Lipinski definition) is 3. The summed E-state index contributed by atoms with van der Waals surface area (Å²) in [6, 6.07) is 3.36. The molecular weight excluding hydrogens is 226 g/mol. The number of aryl methyl sites for hydroxylation is 1. The van der Waals surface area contributed by atoms with E-state index in [4.69, 9.17) is 10.2 Å². The number of rotatable bonds is 3. The third-order valence-corrected chi connectivity index (χ3v) is 2.39. The Morgan fingerprint density at radius 1 is 1.35 bits per heavy atom. The van der Waals surface area contributed by atoms with Crippen LogP contribution < -0.4 is 5.73 Å². The Morgan fingerprint density at radius 3 is 2.76 bits per heavy atom. The number of hydrogen-bond donors (Lipinski definition) is 1. The van der Waals surface area contributed by atoms with E-state index < -0.39 is 11.6 Å². The summed E-state index contributed by atoms with van der Waals surface area (Å²) >= 11 is 0. The van der Waals surface area contributed by atoms with Gasteiger partial charge in [-0.1, -0.05) is 0 Å². The van der Waals surface area contributed by atoms with Gasteiger partial charge in [0.2, 0.25) is 0 Å². The van der Waals surface area contributed by atoms with Crippen molar-refractivity contribution in [1.29, 1.82) is 0 Å². The second kappa shape index (κ2) is 4.63. The molecule has 0 saturated heterocycles. The van der Waals surface area contributed by atoms with Crippen LogP contribution in [0, 0.1) is 18.6 Å². The predicted octanol–water partition coefficient (Wildman–Crippen LogP) is 2.43. The van der Waals surface area contributed by atoms with Gasteiger partial charge in [0.05, 0.1) is 0 Å². The molecule has 0 saturated carbocycles. The van der Waals surface area contributed by atoms with Crippen LogP contribution in [0.25, 0.3) is 11.3 Å². The number of aromatic nitrogens is 1. The molecule has 0 aliphatic heterocycles. The molecule has 0 aliphatic carbocycles. The lowest BCUT2D eigenvalue weighted by Gasteiger charge is -1.99. The van der Waals surface area contributed by atoms with Crippen molar-refractivity contribution in [3.8, 4) is 11.3 Å². The standard InChI is InChI=1S/C12H12F2N2O/c1-7-12(16-11(17-7)4-5-15)9-3-2-8(13)6-10(9)14/h2-3,6H,4-5,15H2,1H3. The maximum Gasteiger partial charge on any atom is 0.196 e. The van der Waals surface area contributed by atoms with Gasteiger partial charge in [-0.2, -0.15) is 0 Å². The van der Waals surface area contributed by atoms with E-state index in [9.17, 15) is 8.78 Å². The van der Waals surface area contributed by atoms with E-state index in [1.165, 1.54) is 12.1 Å². The van der Waals surface area contributed by atoms with Crippen molar-refractivity contribution >= 4 is 0 Å². The minimum absolute atomic E-state index is 0.232. The van der Waals surface area contributed by atoms with E-state index in [0.717, 1.165) is 6.07 Å². The number of nitrogens with zero attached hydrogens (tertiary/aromatic N) is 1. The highest BCUT2D eigenvalue weighted by molar-refractivity contribution is 5.61. The predicted molar refractivity (Wildman–Crippen MR) is 59.4 cm³/mol. The Kier molecular flexibility index (Phi) is 3.19. The zero-order chi connectivity index (χ0) is 12.4. The smallest absolute Gasteiger partial charge is 0.196 e. The van der Waals surface area contributed by atoms with Crippen LogP contribution in [0.1, 0.15) is 11.7 Å². The summed E-state index contributed by atoms with van der Waals surface area (Å²) in [6.07, 6.45) is 0.490. The molecule has 0 bridgehead atoms. The maximum absolute atomic E-state index is 13.6. The first-order valence-electron chi connectivity index (χ1n) is 5.23. The number of halogens is 2. The van der Waals surface area contributed by atoms with E-state index >= 15 is 0 Å². The summed E-state index contributed by atoms with van der Waals surface area (Å²) in [6.45, 7) is 2.09. The molecular formula is C12H12F2N2O. The summed E-state index contributed by atoms with van der Waals surface area (Å²) in [7, 11) is 0. The molecule has 1 aromatic carbocycles. The first-order valence-corrected chi connectivity index (χ1v) is 5.23. The molecule has 2 N–H and O–H groups in total. The molecule has 90 valence electrons. The number of benzene rings is 1. The molecule has 17 heavy (non-hydrogen) atoms. The quantitative estimate of drug-likeness (QED) is 0.893. The number of nitrogens with two attached hydrogens (primary N) is 1. The Balaban J connectivity index is 2.45. The highest BCUT2D eigenvalue weighted by atomic mass is 19.1. The number of oxazole rings is 1. The molecule has 1 aromatic heterocycles. The molecule has 0 unspecified atom stereocenters. The normalized spacial score (nSPS) is 10.8. The fraction of sp³-hybridized carbons (Fsp3) is 0.250. The molecule has 2 aromatic rings. The van der Waals surface area contributed by atoms with Crippen LogP contribution in [0.5, 0.6) is 0 Å². The minimum atomic E-state index is -0.652. The zero-order valence-corrected chi connectivity index (χ0v) is 9.34. The average Bonchev–Trinajstić information content (AvgIpc) is 2.60. The average molecular weight is 238 g/mol. The molecule has 0 atom stereocenters. The second-order valence-corrected chi connectivity index (χ2v) is 3.68. The van der Waals surface area contributed by atoms with Crippen LogP contribution in [-0.2, 0) is 6.42 Å². The third-order valence-electron chi connectivity index (χ3n) is 2.39. The van der Waals surface area contributed by atoms with Crippen LogP contribution in [-0.4, -0.2) is 11.5 Å². The summed E-state index contributed by atoms with van der Waals surface area (Å²) in [5, 5.41) is 0. The van der Waals surface area contributed by atoms with E-state index in [2.05, 4.69) is 4.98 Å². The molecule has 0 spiro atoms. The Labute approximate surface area is 97.3 Å². The molecule has 0 radical (unpaired) electrons. The van der Waals surface area contributed by atoms with E-state index in [1.54, 1.807) is 6.92 Å². The largest absolute Gasteiger partial charge is 0.445 e. The van der Waals surface area contributed by atoms with Gasteiger partial charge in [0.25, 0.3) is 0 Å². The van der Waals surface area contributed by atoms with Crippen LogP contribution >= 0.6 is 0 Å². The maximum atomic E-state index is 13.6. The Bertz CT molecular complexity index is 537. The van der Waals surface area contributed by atoms with Gasteiger partial charge in [-0.05, 0) is 19.1 Å². The fourth-order valence-electron chi connectivity index (χ4n) is 1.61. The van der Waals surface area contributed by atoms with E-state index in [1.807, 2.05) is 0 Å². The van der Waals surface area contributed by atoms with Crippen LogP contribution in [0.3, 0.4) is 0 Å². The van der Waals surface area contributed by atoms with Crippen molar-refractivity contribution in [3.63, 3.8) is 0 Å². The first kappa shape index (κ1) is 11.7. The van der Waals surface area contributed by atoms with Crippen LogP contribution in [0.15, 0.2) is 22.6 Å². The zero-order valence-electron chi connectivity index (χ0n) is 9.34. The van der Waals surface area contributed by atoms with Gasteiger partial charge in [0.1, 0.15) is 23.1 Å². The SMILES string of the molecule is Cc1oc(CCN)nc1-c1ccc(F)cc1F. The topological polar surface area (TPSA) is 52.0 Å². The lowest BCUT2D eigenvalue weighted by molar-refractivity contribution is 0.473. The fourth-order valence-corrected chi connectivity index (χ4v) is 1.61. The van der Waals surface area contributed by atoms with Gasteiger partial charge >= 0.3 is 0 Å². The lowest BCUT2D eigenvalue weighted by atomic mass is 10.1. The van der Waals surface area contributed by atoms with Gasteiger partial charge in [-0.15, -0.1) is 0 Å². The monoisotopic (exact) mass is 238 g/mol. The van der Waals surface area contributed by atoms with Gasteiger partial charge in [0, 0.05) is 24.6 Å². The Morgan fingerprint density at radius 2 is 2.12 bits per heavy atom. The summed E-state index contributed by atoms with van der Waals surface area (Å²) < 4.78 is 31.7. The third kappa shape index (κ3) is 2.34. The molecule has 0 aliphatic rings. The highest BCUT2D eigenvalue weighted by Gasteiger charge is 2.15. The lowest BCUT2D eigenvalue weighted by Crippen LogP contribution is -2.02. The molecule has 2 rings (SSSR count). The molecule has 0 amide bonds. The summed E-state index contributed by atoms with van der Waals surface area (Å²) in [5.41, 5.74) is 6.01. The van der Waals surface area contributed by atoms with Crippen LogP contribution in [0.2, 0.25) is 0 Å². The molecule has 3 nitrogen and oxygen atoms in total. The van der Waals surface area contributed by atoms with Gasteiger partial charge in [0.15, 0.2) is 5.89 Å². The minimum Gasteiger partial charge on any atom is -0.445 e. The van der Waals surface area contributed by atoms with Crippen molar-refractivity contribution in [2.24, 2.45) is 5.73 Å². The Hall–Kier alpha value is -1.75. The van der Waals surface area contributed by atoms with Gasteiger partial charge in [-0.3, -0.25) is 0 Å². The highest BCUT2D eigenvalue weighted by Crippen LogP contribution is 2.26. The second-order valence-electron chi connectivity index (χ2n) is 3.68.